The first kappa shape index (κ1) is 18.6. The maximum atomic E-state index is 13.5. The molecule has 1 atom stereocenters. The van der Waals surface area contributed by atoms with E-state index < -0.39 is 6.04 Å². The Labute approximate surface area is 146 Å². The average molecular weight is 343 g/mol. The highest BCUT2D eigenvalue weighted by Gasteiger charge is 2.23. The zero-order chi connectivity index (χ0) is 18.4. The highest BCUT2D eigenvalue weighted by molar-refractivity contribution is 5.93. The fourth-order valence-electron chi connectivity index (χ4n) is 2.56. The van der Waals surface area contributed by atoms with Crippen LogP contribution in [0.3, 0.4) is 0 Å². The van der Waals surface area contributed by atoms with Gasteiger partial charge in [0.05, 0.1) is 0 Å². The van der Waals surface area contributed by atoms with Crippen molar-refractivity contribution < 1.29 is 14.0 Å². The highest BCUT2D eigenvalue weighted by Crippen LogP contribution is 2.19. The molecule has 0 aromatic heterocycles. The Kier molecular flexibility index (Phi) is 6.25. The fourth-order valence-corrected chi connectivity index (χ4v) is 2.56. The van der Waals surface area contributed by atoms with Crippen molar-refractivity contribution in [3.05, 3.63) is 71.0 Å². The van der Waals surface area contributed by atoms with Crippen LogP contribution in [0.4, 0.5) is 4.39 Å². The van der Waals surface area contributed by atoms with Gasteiger partial charge >= 0.3 is 0 Å². The Morgan fingerprint density at radius 2 is 1.80 bits per heavy atom. The number of carbonyl (C=O) groups is 2. The first-order chi connectivity index (χ1) is 11.9. The van der Waals surface area contributed by atoms with Crippen LogP contribution in [-0.4, -0.2) is 37.9 Å². The minimum absolute atomic E-state index is 0.158. The van der Waals surface area contributed by atoms with Crippen molar-refractivity contribution in [3.8, 4) is 0 Å². The van der Waals surface area contributed by atoms with Crippen LogP contribution < -0.4 is 10.6 Å². The molecule has 0 fully saturated rings. The summed E-state index contributed by atoms with van der Waals surface area (Å²) in [6.45, 7) is 0.326. The van der Waals surface area contributed by atoms with Gasteiger partial charge in [0, 0.05) is 19.2 Å². The summed E-state index contributed by atoms with van der Waals surface area (Å²) in [4.78, 5) is 25.8. The zero-order valence-electron chi connectivity index (χ0n) is 14.5. The monoisotopic (exact) mass is 343 g/mol. The van der Waals surface area contributed by atoms with E-state index in [0.29, 0.717) is 17.7 Å². The molecule has 0 unspecified atom stereocenters. The molecule has 0 aliphatic rings. The second-order valence-electron chi connectivity index (χ2n) is 5.92. The van der Waals surface area contributed by atoms with Crippen LogP contribution >= 0.6 is 0 Å². The number of hydrogen-bond acceptors (Lipinski definition) is 3. The third-order valence-electron chi connectivity index (χ3n) is 3.84. The van der Waals surface area contributed by atoms with Crippen molar-refractivity contribution in [3.63, 3.8) is 0 Å². The van der Waals surface area contributed by atoms with Crippen molar-refractivity contribution in [2.45, 2.75) is 12.6 Å². The second-order valence-corrected chi connectivity index (χ2v) is 5.92. The van der Waals surface area contributed by atoms with Crippen LogP contribution in [0.15, 0.2) is 48.5 Å². The number of hydrogen-bond donors (Lipinski definition) is 2. The third kappa shape index (κ3) is 4.87. The van der Waals surface area contributed by atoms with Crippen molar-refractivity contribution in [1.29, 1.82) is 0 Å². The van der Waals surface area contributed by atoms with Crippen molar-refractivity contribution in [2.24, 2.45) is 0 Å². The molecule has 2 amide bonds. The van der Waals surface area contributed by atoms with Gasteiger partial charge in [-0.25, -0.2) is 4.39 Å². The molecule has 2 aromatic rings. The highest BCUT2D eigenvalue weighted by atomic mass is 19.1. The van der Waals surface area contributed by atoms with Gasteiger partial charge < -0.3 is 10.6 Å². The molecule has 0 radical (unpaired) electrons. The van der Waals surface area contributed by atoms with E-state index in [0.717, 1.165) is 5.56 Å². The lowest BCUT2D eigenvalue weighted by Gasteiger charge is -2.24. The molecule has 0 heterocycles. The average Bonchev–Trinajstić information content (AvgIpc) is 2.59. The molecule has 0 aliphatic heterocycles. The van der Waals surface area contributed by atoms with E-state index in [-0.39, 0.29) is 17.6 Å². The summed E-state index contributed by atoms with van der Waals surface area (Å²) in [6.07, 6.45) is 0. The van der Waals surface area contributed by atoms with Gasteiger partial charge in [0.1, 0.15) is 11.9 Å². The molecule has 0 aliphatic carbocycles. The van der Waals surface area contributed by atoms with Gasteiger partial charge in [-0.15, -0.1) is 0 Å². The minimum atomic E-state index is -0.583. The predicted octanol–water partition coefficient (Wildman–Crippen LogP) is 2.10. The summed E-state index contributed by atoms with van der Waals surface area (Å²) < 4.78 is 13.5. The lowest BCUT2D eigenvalue weighted by atomic mass is 10.0. The minimum Gasteiger partial charge on any atom is -0.355 e. The summed E-state index contributed by atoms with van der Waals surface area (Å²) in [7, 11) is 5.12. The quantitative estimate of drug-likeness (QED) is 0.844. The second kappa shape index (κ2) is 8.39. The molecule has 25 heavy (non-hydrogen) atoms. The molecule has 2 aromatic carbocycles. The summed E-state index contributed by atoms with van der Waals surface area (Å²) in [5.41, 5.74) is 2.03. The standard InChI is InChI=1S/C19H22FN3O2/c1-21-18(24)14-9-7-13(8-10-14)12-22-19(25)17(23(2)3)15-5-4-6-16(20)11-15/h4-11,17H,12H2,1-3H3,(H,21,24)(H,22,25)/t17-/m1/s1. The van der Waals surface area contributed by atoms with Crippen LogP contribution in [0.2, 0.25) is 0 Å². The molecular formula is C19H22FN3O2. The van der Waals surface area contributed by atoms with E-state index in [1.54, 1.807) is 62.4 Å². The molecule has 0 saturated heterocycles. The van der Waals surface area contributed by atoms with Crippen LogP contribution in [-0.2, 0) is 11.3 Å². The SMILES string of the molecule is CNC(=O)c1ccc(CNC(=O)[C@@H](c2cccc(F)c2)N(C)C)cc1. The first-order valence-corrected chi connectivity index (χ1v) is 7.93. The van der Waals surface area contributed by atoms with E-state index in [9.17, 15) is 14.0 Å². The van der Waals surface area contributed by atoms with E-state index in [2.05, 4.69) is 10.6 Å². The summed E-state index contributed by atoms with van der Waals surface area (Å²) >= 11 is 0. The van der Waals surface area contributed by atoms with E-state index >= 15 is 0 Å². The van der Waals surface area contributed by atoms with Gasteiger partial charge in [-0.2, -0.15) is 0 Å². The number of nitrogens with one attached hydrogen (secondary N) is 2. The Morgan fingerprint density at radius 1 is 1.12 bits per heavy atom. The molecule has 6 heteroatoms. The summed E-state index contributed by atoms with van der Waals surface area (Å²) in [6, 6.07) is 12.4. The predicted molar refractivity (Wildman–Crippen MR) is 94.5 cm³/mol. The molecular weight excluding hydrogens is 321 g/mol. The van der Waals surface area contributed by atoms with Crippen LogP contribution in [0.25, 0.3) is 0 Å². The number of rotatable bonds is 6. The molecule has 132 valence electrons. The summed E-state index contributed by atoms with van der Waals surface area (Å²) in [5, 5.41) is 5.41. The number of likely N-dealkylation sites (N-methyl/N-ethyl adjacent to an activating group) is 1. The molecule has 2 N–H and O–H groups in total. The number of carbonyl (C=O) groups excluding carboxylic acids is 2. The van der Waals surface area contributed by atoms with Crippen molar-refractivity contribution >= 4 is 11.8 Å². The molecule has 0 saturated carbocycles. The molecule has 5 nitrogen and oxygen atoms in total. The number of halogens is 1. The lowest BCUT2D eigenvalue weighted by molar-refractivity contribution is -0.125. The normalized spacial score (nSPS) is 11.9. The van der Waals surface area contributed by atoms with Gasteiger partial charge in [-0.1, -0.05) is 24.3 Å². The Hall–Kier alpha value is -2.73. The van der Waals surface area contributed by atoms with E-state index in [1.807, 2.05) is 0 Å². The maximum Gasteiger partial charge on any atom is 0.251 e. The molecule has 2 rings (SSSR count). The third-order valence-corrected chi connectivity index (χ3v) is 3.84. The van der Waals surface area contributed by atoms with Gasteiger partial charge in [0.2, 0.25) is 5.91 Å². The summed E-state index contributed by atoms with van der Waals surface area (Å²) in [5.74, 6) is -0.748. The number of benzene rings is 2. The maximum absolute atomic E-state index is 13.5. The fraction of sp³-hybridized carbons (Fsp3) is 0.263. The van der Waals surface area contributed by atoms with Crippen LogP contribution in [0.1, 0.15) is 27.5 Å². The van der Waals surface area contributed by atoms with Crippen molar-refractivity contribution in [2.75, 3.05) is 21.1 Å². The Balaban J connectivity index is 2.05. The van der Waals surface area contributed by atoms with Gasteiger partial charge in [-0.05, 0) is 49.5 Å². The lowest BCUT2D eigenvalue weighted by Crippen LogP contribution is -2.36. The smallest absolute Gasteiger partial charge is 0.251 e. The Bertz CT molecular complexity index is 745. The first-order valence-electron chi connectivity index (χ1n) is 7.93. The van der Waals surface area contributed by atoms with Gasteiger partial charge in [-0.3, -0.25) is 14.5 Å². The van der Waals surface area contributed by atoms with Gasteiger partial charge in [0.25, 0.3) is 5.91 Å². The van der Waals surface area contributed by atoms with E-state index in [4.69, 9.17) is 0 Å². The molecule has 0 spiro atoms. The largest absolute Gasteiger partial charge is 0.355 e. The Morgan fingerprint density at radius 3 is 2.36 bits per heavy atom. The van der Waals surface area contributed by atoms with Gasteiger partial charge in [0.15, 0.2) is 0 Å². The number of nitrogens with zero attached hydrogens (tertiary/aromatic N) is 1. The zero-order valence-corrected chi connectivity index (χ0v) is 14.5. The van der Waals surface area contributed by atoms with Crippen LogP contribution in [0, 0.1) is 5.82 Å². The van der Waals surface area contributed by atoms with Crippen molar-refractivity contribution in [1.82, 2.24) is 15.5 Å². The number of amides is 2. The van der Waals surface area contributed by atoms with Crippen LogP contribution in [0.5, 0.6) is 0 Å². The van der Waals surface area contributed by atoms with E-state index in [1.165, 1.54) is 12.1 Å². The molecule has 0 bridgehead atoms. The topological polar surface area (TPSA) is 61.4 Å².